The van der Waals surface area contributed by atoms with Crippen molar-refractivity contribution in [2.45, 2.75) is 56.8 Å². The van der Waals surface area contributed by atoms with Crippen LogP contribution in [-0.4, -0.2) is 21.9 Å². The minimum Gasteiger partial charge on any atom is -0.426 e. The lowest BCUT2D eigenvalue weighted by Gasteiger charge is -2.35. The molecule has 0 aliphatic heterocycles. The van der Waals surface area contributed by atoms with Crippen molar-refractivity contribution in [1.82, 2.24) is 0 Å². The lowest BCUT2D eigenvalue weighted by molar-refractivity contribution is -0.142. The minimum atomic E-state index is -0.825. The van der Waals surface area contributed by atoms with E-state index in [0.29, 0.717) is 5.75 Å². The fourth-order valence-corrected chi connectivity index (χ4v) is 4.21. The summed E-state index contributed by atoms with van der Waals surface area (Å²) < 4.78 is 5.16. The maximum absolute atomic E-state index is 12.7. The molecular formula is C22H28O3S. The van der Waals surface area contributed by atoms with Gasteiger partial charge in [-0.3, -0.25) is 4.79 Å². The number of hydrogen-bond donors (Lipinski definition) is 1. The molecule has 140 valence electrons. The molecule has 0 aliphatic carbocycles. The number of ether oxygens (including phenoxy) is 1. The van der Waals surface area contributed by atoms with Gasteiger partial charge < -0.3 is 9.84 Å². The zero-order chi connectivity index (χ0) is 19.3. The molecule has 3 nitrogen and oxygen atoms in total. The van der Waals surface area contributed by atoms with Crippen LogP contribution in [0.2, 0.25) is 0 Å². The summed E-state index contributed by atoms with van der Waals surface area (Å²) in [7, 11) is 0. The highest BCUT2D eigenvalue weighted by Crippen LogP contribution is 2.40. The Morgan fingerprint density at radius 2 is 1.69 bits per heavy atom. The molecule has 1 N–H and O–H groups in total. The first-order valence-corrected chi connectivity index (χ1v) is 9.80. The van der Waals surface area contributed by atoms with Gasteiger partial charge in [0.15, 0.2) is 0 Å². The highest BCUT2D eigenvalue weighted by molar-refractivity contribution is 8.00. The van der Waals surface area contributed by atoms with Crippen molar-refractivity contribution in [3.05, 3.63) is 59.7 Å². The predicted octanol–water partition coefficient (Wildman–Crippen LogP) is 5.17. The lowest BCUT2D eigenvalue weighted by atomic mass is 9.90. The molecule has 3 atom stereocenters. The summed E-state index contributed by atoms with van der Waals surface area (Å²) >= 11 is 1.60. The molecule has 0 unspecified atom stereocenters. The third-order valence-corrected chi connectivity index (χ3v) is 6.38. The molecule has 0 saturated heterocycles. The van der Waals surface area contributed by atoms with Crippen LogP contribution in [0.4, 0.5) is 0 Å². The van der Waals surface area contributed by atoms with Gasteiger partial charge in [-0.15, -0.1) is 11.8 Å². The number of thioether (sulfide) groups is 1. The van der Waals surface area contributed by atoms with Crippen LogP contribution < -0.4 is 4.74 Å². The van der Waals surface area contributed by atoms with Gasteiger partial charge in [0, 0.05) is 9.64 Å². The van der Waals surface area contributed by atoms with E-state index in [-0.39, 0.29) is 0 Å². The van der Waals surface area contributed by atoms with Gasteiger partial charge in [0.1, 0.15) is 5.75 Å². The molecule has 0 saturated carbocycles. The van der Waals surface area contributed by atoms with Crippen molar-refractivity contribution in [2.75, 3.05) is 0 Å². The van der Waals surface area contributed by atoms with Gasteiger partial charge in [0.2, 0.25) is 0 Å². The largest absolute Gasteiger partial charge is 0.426 e. The van der Waals surface area contributed by atoms with E-state index in [9.17, 15) is 9.90 Å². The van der Waals surface area contributed by atoms with Crippen LogP contribution in [-0.2, 0) is 4.79 Å². The van der Waals surface area contributed by atoms with Crippen LogP contribution in [0, 0.1) is 19.8 Å². The van der Waals surface area contributed by atoms with E-state index >= 15 is 0 Å². The fourth-order valence-electron chi connectivity index (χ4n) is 2.91. The zero-order valence-corrected chi connectivity index (χ0v) is 17.0. The van der Waals surface area contributed by atoms with Crippen LogP contribution in [0.5, 0.6) is 5.75 Å². The smallest absolute Gasteiger partial charge is 0.316 e. The maximum Gasteiger partial charge on any atom is 0.316 e. The monoisotopic (exact) mass is 372 g/mol. The second-order valence-electron chi connectivity index (χ2n) is 6.96. The summed E-state index contributed by atoms with van der Waals surface area (Å²) in [4.78, 5) is 13.8. The van der Waals surface area contributed by atoms with Gasteiger partial charge in [-0.25, -0.2) is 0 Å². The Morgan fingerprint density at radius 3 is 2.23 bits per heavy atom. The van der Waals surface area contributed by atoms with E-state index < -0.39 is 22.7 Å². The van der Waals surface area contributed by atoms with Gasteiger partial charge in [-0.05, 0) is 57.4 Å². The Hall–Kier alpha value is -1.78. The Bertz CT molecular complexity index is 724. The summed E-state index contributed by atoms with van der Waals surface area (Å²) in [6.07, 6.45) is -0.0936. The molecule has 4 heteroatoms. The number of esters is 1. The number of aliphatic hydroxyl groups excluding tert-OH is 1. The molecule has 0 amide bonds. The van der Waals surface area contributed by atoms with Crippen molar-refractivity contribution in [2.24, 2.45) is 5.92 Å². The third kappa shape index (κ3) is 4.68. The number of carbonyl (C=O) groups is 1. The van der Waals surface area contributed by atoms with Crippen LogP contribution >= 0.6 is 11.8 Å². The van der Waals surface area contributed by atoms with Crippen molar-refractivity contribution in [3.63, 3.8) is 0 Å². The standard InChI is InChI=1S/C22H28O3S/c1-6-22(5,26-18-13-8-7-9-14-18)20(23)17(4)21(24)25-19-15(2)11-10-12-16(19)3/h7-14,17,20,23H,6H2,1-5H3/t17-,20+,22-/m1/s1. The Morgan fingerprint density at radius 1 is 1.12 bits per heavy atom. The second kappa shape index (κ2) is 8.74. The van der Waals surface area contributed by atoms with Crippen LogP contribution in [0.15, 0.2) is 53.4 Å². The van der Waals surface area contributed by atoms with Crippen molar-refractivity contribution in [3.8, 4) is 5.75 Å². The second-order valence-corrected chi connectivity index (χ2v) is 8.57. The summed E-state index contributed by atoms with van der Waals surface area (Å²) in [5, 5.41) is 11.0. The summed E-state index contributed by atoms with van der Waals surface area (Å²) in [5.41, 5.74) is 1.83. The first kappa shape index (κ1) is 20.5. The van der Waals surface area contributed by atoms with Gasteiger partial charge in [0.05, 0.1) is 12.0 Å². The Labute approximate surface area is 160 Å². The van der Waals surface area contributed by atoms with Gasteiger partial charge >= 0.3 is 5.97 Å². The topological polar surface area (TPSA) is 46.5 Å². The van der Waals surface area contributed by atoms with Crippen molar-refractivity contribution >= 4 is 17.7 Å². The van der Waals surface area contributed by atoms with Gasteiger partial charge in [-0.1, -0.05) is 43.3 Å². The third-order valence-electron chi connectivity index (χ3n) is 4.88. The number of aryl methyl sites for hydroxylation is 2. The number of para-hydroxylation sites is 1. The lowest BCUT2D eigenvalue weighted by Crippen LogP contribution is -2.44. The van der Waals surface area contributed by atoms with Crippen molar-refractivity contribution in [1.29, 1.82) is 0 Å². The zero-order valence-electron chi connectivity index (χ0n) is 16.2. The summed E-state index contributed by atoms with van der Waals surface area (Å²) in [6, 6.07) is 15.7. The summed E-state index contributed by atoms with van der Waals surface area (Å²) in [5.74, 6) is -0.441. The average Bonchev–Trinajstić information content (AvgIpc) is 2.64. The molecule has 0 bridgehead atoms. The van der Waals surface area contributed by atoms with E-state index in [2.05, 4.69) is 0 Å². The molecule has 2 rings (SSSR count). The first-order chi connectivity index (χ1) is 12.3. The molecule has 0 fully saturated rings. The molecule has 0 spiro atoms. The van der Waals surface area contributed by atoms with Crippen molar-refractivity contribution < 1.29 is 14.6 Å². The van der Waals surface area contributed by atoms with E-state index in [1.807, 2.05) is 76.2 Å². The maximum atomic E-state index is 12.7. The Balaban J connectivity index is 2.15. The molecule has 26 heavy (non-hydrogen) atoms. The first-order valence-electron chi connectivity index (χ1n) is 8.98. The van der Waals surface area contributed by atoms with E-state index in [1.165, 1.54) is 0 Å². The minimum absolute atomic E-state index is 0.400. The molecular weight excluding hydrogens is 344 g/mol. The number of carbonyl (C=O) groups excluding carboxylic acids is 1. The van der Waals surface area contributed by atoms with E-state index in [1.54, 1.807) is 18.7 Å². The summed E-state index contributed by atoms with van der Waals surface area (Å²) in [6.45, 7) is 9.59. The quantitative estimate of drug-likeness (QED) is 0.414. The Kier molecular flexibility index (Phi) is 6.90. The number of benzene rings is 2. The SMILES string of the molecule is CC[C@@](C)(Sc1ccccc1)[C@@H](O)[C@@H](C)C(=O)Oc1c(C)cccc1C. The molecule has 0 heterocycles. The number of aliphatic hydroxyl groups is 1. The number of hydrogen-bond acceptors (Lipinski definition) is 4. The highest BCUT2D eigenvalue weighted by Gasteiger charge is 2.39. The van der Waals surface area contributed by atoms with Gasteiger partial charge in [-0.2, -0.15) is 0 Å². The van der Waals surface area contributed by atoms with Gasteiger partial charge in [0.25, 0.3) is 0 Å². The molecule has 0 aliphatic rings. The molecule has 2 aromatic rings. The molecule has 0 aromatic heterocycles. The highest BCUT2D eigenvalue weighted by atomic mass is 32.2. The number of rotatable bonds is 7. The fraction of sp³-hybridized carbons (Fsp3) is 0.409. The van der Waals surface area contributed by atoms with E-state index in [0.717, 1.165) is 22.4 Å². The predicted molar refractivity (Wildman–Crippen MR) is 108 cm³/mol. The molecule has 2 aromatic carbocycles. The molecule has 0 radical (unpaired) electrons. The average molecular weight is 373 g/mol. The van der Waals surface area contributed by atoms with Crippen LogP contribution in [0.3, 0.4) is 0 Å². The normalized spacial score (nSPS) is 15.8. The van der Waals surface area contributed by atoms with Crippen LogP contribution in [0.25, 0.3) is 0 Å². The van der Waals surface area contributed by atoms with Crippen LogP contribution in [0.1, 0.15) is 38.3 Å². The van der Waals surface area contributed by atoms with E-state index in [4.69, 9.17) is 4.74 Å².